The minimum absolute atomic E-state index is 0.00931. The number of thiophene rings is 1. The van der Waals surface area contributed by atoms with Crippen molar-refractivity contribution in [3.8, 4) is 17.6 Å². The molecule has 0 radical (unpaired) electrons. The van der Waals surface area contributed by atoms with Gasteiger partial charge in [-0.15, -0.1) is 11.3 Å². The Morgan fingerprint density at radius 2 is 1.79 bits per heavy atom. The van der Waals surface area contributed by atoms with E-state index in [4.69, 9.17) is 9.47 Å². The Kier molecular flexibility index (Phi) is 5.13. The van der Waals surface area contributed by atoms with Gasteiger partial charge < -0.3 is 20.1 Å². The normalized spacial score (nSPS) is 16.6. The Morgan fingerprint density at radius 1 is 1.18 bits per heavy atom. The summed E-state index contributed by atoms with van der Waals surface area (Å²) in [5.74, 6) is 0.772. The van der Waals surface area contributed by atoms with Crippen molar-refractivity contribution in [2.45, 2.75) is 45.2 Å². The van der Waals surface area contributed by atoms with E-state index in [0.717, 1.165) is 16.9 Å². The molecule has 0 saturated carbocycles. The van der Waals surface area contributed by atoms with Crippen LogP contribution < -0.4 is 20.1 Å². The van der Waals surface area contributed by atoms with Crippen molar-refractivity contribution in [3.63, 3.8) is 0 Å². The van der Waals surface area contributed by atoms with E-state index in [0.29, 0.717) is 27.6 Å². The molecule has 6 nitrogen and oxygen atoms in total. The fourth-order valence-corrected chi connectivity index (χ4v) is 5.26. The number of rotatable bonds is 4. The van der Waals surface area contributed by atoms with Gasteiger partial charge in [0, 0.05) is 18.1 Å². The fraction of sp³-hybridized carbons (Fsp3) is 0.429. The predicted molar refractivity (Wildman–Crippen MR) is 109 cm³/mol. The zero-order chi connectivity index (χ0) is 20.7. The van der Waals surface area contributed by atoms with Gasteiger partial charge in [-0.2, -0.15) is 5.26 Å². The molecular formula is C21H26N3O3S+. The molecule has 0 aliphatic carbocycles. The first kappa shape index (κ1) is 20.2. The van der Waals surface area contributed by atoms with Crippen LogP contribution in [0.15, 0.2) is 18.2 Å². The molecule has 0 atom stereocenters. The average molecular weight is 401 g/mol. The van der Waals surface area contributed by atoms with Crippen LogP contribution in [-0.4, -0.2) is 25.7 Å². The first-order chi connectivity index (χ1) is 13.1. The maximum absolute atomic E-state index is 12.9. The molecule has 7 heteroatoms. The number of methoxy groups -OCH3 is 2. The summed E-state index contributed by atoms with van der Waals surface area (Å²) in [6.45, 7) is 8.67. The number of nitrogens with zero attached hydrogens (tertiary/aromatic N) is 1. The van der Waals surface area contributed by atoms with Crippen LogP contribution in [0.1, 0.15) is 54.1 Å². The van der Waals surface area contributed by atoms with Gasteiger partial charge in [-0.3, -0.25) is 4.79 Å². The van der Waals surface area contributed by atoms with Crippen LogP contribution in [0.5, 0.6) is 11.5 Å². The number of anilines is 1. The average Bonchev–Trinajstić information content (AvgIpc) is 2.97. The summed E-state index contributed by atoms with van der Waals surface area (Å²) in [5.41, 5.74) is 1.86. The summed E-state index contributed by atoms with van der Waals surface area (Å²) in [4.78, 5) is 14.0. The second kappa shape index (κ2) is 7.12. The number of quaternary nitrogens is 1. The molecule has 28 heavy (non-hydrogen) atoms. The number of benzene rings is 1. The molecule has 3 N–H and O–H groups in total. The first-order valence-corrected chi connectivity index (χ1v) is 9.89. The van der Waals surface area contributed by atoms with Crippen LogP contribution in [0.25, 0.3) is 0 Å². The molecule has 0 saturated heterocycles. The SMILES string of the molecule is COc1cc(OC)cc(C(=O)Nc2sc3c(c2C#N)CC(C)(C)[NH2+]C3(C)C)c1. The zero-order valence-corrected chi connectivity index (χ0v) is 17.9. The minimum Gasteiger partial charge on any atom is -0.497 e. The minimum atomic E-state index is -0.298. The summed E-state index contributed by atoms with van der Waals surface area (Å²) < 4.78 is 10.5. The van der Waals surface area contributed by atoms with Gasteiger partial charge >= 0.3 is 0 Å². The van der Waals surface area contributed by atoms with Crippen molar-refractivity contribution in [2.75, 3.05) is 19.5 Å². The monoisotopic (exact) mass is 400 g/mol. The number of fused-ring (bicyclic) bond motifs is 1. The van der Waals surface area contributed by atoms with E-state index >= 15 is 0 Å². The van der Waals surface area contributed by atoms with E-state index in [1.165, 1.54) is 25.6 Å². The number of carbonyl (C=O) groups is 1. The summed E-state index contributed by atoms with van der Waals surface area (Å²) >= 11 is 1.49. The third-order valence-electron chi connectivity index (χ3n) is 4.93. The van der Waals surface area contributed by atoms with Crippen molar-refractivity contribution < 1.29 is 19.6 Å². The molecule has 0 spiro atoms. The Labute approximate surface area is 169 Å². The number of amides is 1. The third-order valence-corrected chi connectivity index (χ3v) is 6.42. The Bertz CT molecular complexity index is 948. The molecule has 1 aromatic heterocycles. The summed E-state index contributed by atoms with van der Waals surface area (Å²) in [6, 6.07) is 7.33. The molecule has 1 aromatic carbocycles. The largest absolute Gasteiger partial charge is 0.497 e. The highest BCUT2D eigenvalue weighted by atomic mass is 32.1. The molecule has 0 unspecified atom stereocenters. The van der Waals surface area contributed by atoms with Gasteiger partial charge in [0.05, 0.1) is 30.2 Å². The molecule has 1 aliphatic rings. The molecule has 0 fully saturated rings. The molecular weight excluding hydrogens is 374 g/mol. The summed E-state index contributed by atoms with van der Waals surface area (Å²) in [6.07, 6.45) is 0.786. The third kappa shape index (κ3) is 3.71. The van der Waals surface area contributed by atoms with Crippen molar-refractivity contribution in [1.29, 1.82) is 5.26 Å². The van der Waals surface area contributed by atoms with E-state index < -0.39 is 0 Å². The highest BCUT2D eigenvalue weighted by Crippen LogP contribution is 2.42. The fourth-order valence-electron chi connectivity index (χ4n) is 4.02. The number of nitrogens with two attached hydrogens (primary N) is 1. The van der Waals surface area contributed by atoms with Gasteiger partial charge in [-0.05, 0) is 45.4 Å². The van der Waals surface area contributed by atoms with Crippen LogP contribution in [0.3, 0.4) is 0 Å². The van der Waals surface area contributed by atoms with Gasteiger partial charge in [-0.25, -0.2) is 0 Å². The lowest BCUT2D eigenvalue weighted by Crippen LogP contribution is -3.03. The first-order valence-electron chi connectivity index (χ1n) is 9.08. The number of carbonyl (C=O) groups excluding carboxylic acids is 1. The highest BCUT2D eigenvalue weighted by Gasteiger charge is 2.44. The molecule has 148 valence electrons. The van der Waals surface area contributed by atoms with E-state index in [9.17, 15) is 10.1 Å². The van der Waals surface area contributed by atoms with Crippen molar-refractivity contribution in [2.24, 2.45) is 0 Å². The number of hydrogen-bond acceptors (Lipinski definition) is 5. The van der Waals surface area contributed by atoms with Crippen LogP contribution in [0.4, 0.5) is 5.00 Å². The lowest BCUT2D eigenvalue weighted by atomic mass is 9.81. The second-order valence-corrected chi connectivity index (χ2v) is 9.33. The lowest BCUT2D eigenvalue weighted by Gasteiger charge is -2.38. The van der Waals surface area contributed by atoms with Gasteiger partial charge in [-0.1, -0.05) is 0 Å². The quantitative estimate of drug-likeness (QED) is 0.826. The van der Waals surface area contributed by atoms with Gasteiger partial charge in [0.2, 0.25) is 0 Å². The molecule has 0 bridgehead atoms. The lowest BCUT2D eigenvalue weighted by molar-refractivity contribution is -0.789. The maximum atomic E-state index is 12.9. The molecule has 2 aromatic rings. The van der Waals surface area contributed by atoms with Crippen LogP contribution >= 0.6 is 11.3 Å². The Morgan fingerprint density at radius 3 is 2.32 bits per heavy atom. The Hall–Kier alpha value is -2.56. The standard InChI is InChI=1S/C21H25N3O3S/c1-20(2)10-15-16(11-22)19(28-17(15)21(3,4)24-20)23-18(25)12-7-13(26-5)9-14(8-12)27-6/h7-9,24H,10H2,1-6H3,(H,23,25)/p+1. The van der Waals surface area contributed by atoms with Gasteiger partial charge in [0.25, 0.3) is 5.91 Å². The smallest absolute Gasteiger partial charge is 0.256 e. The second-order valence-electron chi connectivity index (χ2n) is 8.31. The Balaban J connectivity index is 2.00. The van der Waals surface area contributed by atoms with E-state index in [1.54, 1.807) is 18.2 Å². The maximum Gasteiger partial charge on any atom is 0.256 e. The number of hydrogen-bond donors (Lipinski definition) is 2. The van der Waals surface area contributed by atoms with Gasteiger partial charge in [0.1, 0.15) is 28.1 Å². The number of nitrogens with one attached hydrogen (secondary N) is 1. The van der Waals surface area contributed by atoms with E-state index in [2.05, 4.69) is 44.4 Å². The zero-order valence-electron chi connectivity index (χ0n) is 17.1. The van der Waals surface area contributed by atoms with E-state index in [1.807, 2.05) is 0 Å². The van der Waals surface area contributed by atoms with Crippen molar-refractivity contribution >= 4 is 22.2 Å². The van der Waals surface area contributed by atoms with E-state index in [-0.39, 0.29) is 17.0 Å². The molecule has 3 rings (SSSR count). The molecule has 1 amide bonds. The summed E-state index contributed by atoms with van der Waals surface area (Å²) in [7, 11) is 3.08. The predicted octanol–water partition coefficient (Wildman–Crippen LogP) is 3.02. The van der Waals surface area contributed by atoms with Gasteiger partial charge in [0.15, 0.2) is 0 Å². The molecule has 1 aliphatic heterocycles. The van der Waals surface area contributed by atoms with Crippen LogP contribution in [-0.2, 0) is 12.0 Å². The van der Waals surface area contributed by atoms with Crippen molar-refractivity contribution in [1.82, 2.24) is 0 Å². The number of ether oxygens (including phenoxy) is 2. The highest BCUT2D eigenvalue weighted by molar-refractivity contribution is 7.16. The van der Waals surface area contributed by atoms with Crippen LogP contribution in [0, 0.1) is 11.3 Å². The summed E-state index contributed by atoms with van der Waals surface area (Å²) in [5, 5.41) is 15.7. The van der Waals surface area contributed by atoms with Crippen molar-refractivity contribution in [3.05, 3.63) is 39.8 Å². The molecule has 2 heterocycles. The topological polar surface area (TPSA) is 88.0 Å². The number of nitriles is 1. The van der Waals surface area contributed by atoms with Crippen LogP contribution in [0.2, 0.25) is 0 Å².